The summed E-state index contributed by atoms with van der Waals surface area (Å²) >= 11 is 0. The molecule has 8 N–H and O–H groups in total. The summed E-state index contributed by atoms with van der Waals surface area (Å²) in [7, 11) is -3.82. The number of pyridine rings is 1. The van der Waals surface area contributed by atoms with Crippen molar-refractivity contribution in [3.05, 3.63) is 77.4 Å². The first kappa shape index (κ1) is 20.7. The summed E-state index contributed by atoms with van der Waals surface area (Å²) in [6, 6.07) is 9.15. The second-order valence-electron chi connectivity index (χ2n) is 5.80. The van der Waals surface area contributed by atoms with Crippen LogP contribution in [-0.2, 0) is 10.0 Å². The number of hydrogen-bond donors (Lipinski definition) is 4. The van der Waals surface area contributed by atoms with Crippen LogP contribution in [0.4, 0.5) is 5.82 Å². The molecular formula is C19H20N6O2S. The van der Waals surface area contributed by atoms with Gasteiger partial charge in [0.15, 0.2) is 0 Å². The van der Waals surface area contributed by atoms with Crippen LogP contribution in [0.25, 0.3) is 0 Å². The third kappa shape index (κ3) is 5.44. The van der Waals surface area contributed by atoms with Gasteiger partial charge in [0.05, 0.1) is 16.2 Å². The molecule has 2 rings (SSSR count). The molecule has 1 aromatic heterocycles. The van der Waals surface area contributed by atoms with Crippen molar-refractivity contribution in [2.24, 2.45) is 21.6 Å². The molecule has 0 aliphatic heterocycles. The maximum atomic E-state index is 11.5. The van der Waals surface area contributed by atoms with Gasteiger partial charge in [0.25, 0.3) is 0 Å². The molecule has 0 unspecified atom stereocenters. The lowest BCUT2D eigenvalue weighted by Crippen LogP contribution is -2.14. The largest absolute Gasteiger partial charge is 0.401 e. The first-order chi connectivity index (χ1) is 13.1. The molecule has 0 radical (unpaired) electrons. The van der Waals surface area contributed by atoms with E-state index in [1.165, 1.54) is 30.5 Å². The predicted octanol–water partition coefficient (Wildman–Crippen LogP) is 0.815. The molecule has 0 spiro atoms. The highest BCUT2D eigenvalue weighted by molar-refractivity contribution is 7.89. The van der Waals surface area contributed by atoms with Crippen LogP contribution in [0.5, 0.6) is 0 Å². The Bertz CT molecular complexity index is 1120. The van der Waals surface area contributed by atoms with E-state index in [1.807, 2.05) is 0 Å². The maximum absolute atomic E-state index is 11.5. The van der Waals surface area contributed by atoms with Crippen molar-refractivity contribution in [1.29, 1.82) is 0 Å². The van der Waals surface area contributed by atoms with Crippen LogP contribution < -0.4 is 22.3 Å². The van der Waals surface area contributed by atoms with Crippen LogP contribution in [0.2, 0.25) is 0 Å². The highest BCUT2D eigenvalue weighted by atomic mass is 32.2. The fraction of sp³-hybridized carbons (Fsp3) is 0.0526. The quantitative estimate of drug-likeness (QED) is 0.441. The Morgan fingerprint density at radius 2 is 1.79 bits per heavy atom. The smallest absolute Gasteiger partial charge is 0.238 e. The lowest BCUT2D eigenvalue weighted by atomic mass is 10.0. The Morgan fingerprint density at radius 3 is 2.25 bits per heavy atom. The number of anilines is 1. The van der Waals surface area contributed by atoms with E-state index in [-0.39, 0.29) is 10.7 Å². The van der Waals surface area contributed by atoms with Gasteiger partial charge in [-0.15, -0.1) is 0 Å². The highest BCUT2D eigenvalue weighted by Gasteiger charge is 2.13. The number of rotatable bonds is 4. The summed E-state index contributed by atoms with van der Waals surface area (Å²) in [5, 5.41) is 5.14. The minimum atomic E-state index is -3.82. The normalized spacial score (nSPS) is 12.6. The number of nitrogen functional groups attached to an aromatic ring is 1. The second-order valence-corrected chi connectivity index (χ2v) is 7.36. The average molecular weight is 396 g/mol. The molecule has 8 nitrogen and oxygen atoms in total. The molecular weight excluding hydrogens is 376 g/mol. The Labute approximate surface area is 163 Å². The molecule has 0 aliphatic carbocycles. The minimum Gasteiger partial charge on any atom is -0.401 e. The lowest BCUT2D eigenvalue weighted by molar-refractivity contribution is 0.598. The number of nitrogens with zero attached hydrogens (tertiary/aromatic N) is 2. The topological polar surface area (TPSA) is 163 Å². The van der Waals surface area contributed by atoms with Crippen molar-refractivity contribution >= 4 is 21.6 Å². The molecule has 0 bridgehead atoms. The van der Waals surface area contributed by atoms with Crippen LogP contribution in [0.1, 0.15) is 18.1 Å². The van der Waals surface area contributed by atoms with E-state index in [1.54, 1.807) is 19.1 Å². The van der Waals surface area contributed by atoms with Crippen molar-refractivity contribution in [1.82, 2.24) is 4.98 Å². The van der Waals surface area contributed by atoms with Gasteiger partial charge in [0.2, 0.25) is 10.0 Å². The van der Waals surface area contributed by atoms with Crippen molar-refractivity contribution in [2.45, 2.75) is 11.8 Å². The molecule has 0 aliphatic rings. The molecule has 2 aromatic rings. The van der Waals surface area contributed by atoms with Gasteiger partial charge in [0, 0.05) is 23.0 Å². The summed E-state index contributed by atoms with van der Waals surface area (Å²) in [4.78, 5) is 8.18. The number of nitrogens with two attached hydrogens (primary N) is 4. The second kappa shape index (κ2) is 8.39. The standard InChI is InChI=1S/C19H20N6O2S/c1-12(20)17(9-3-14-4-10-18(22)24-11-14)19(25-13(2)21)15-5-7-16(8-6-15)28(23,26)27/h4-8,10-11H,2,20-21H2,1H3,(H2,22,24)(H2,23,26,27)/b17-12-,25-19-. The molecule has 0 atom stereocenters. The summed E-state index contributed by atoms with van der Waals surface area (Å²) in [5.74, 6) is 6.32. The first-order valence-corrected chi connectivity index (χ1v) is 9.49. The molecule has 9 heteroatoms. The summed E-state index contributed by atoms with van der Waals surface area (Å²) < 4.78 is 22.9. The van der Waals surface area contributed by atoms with Crippen molar-refractivity contribution in [3.8, 4) is 11.8 Å². The molecule has 0 saturated heterocycles. The van der Waals surface area contributed by atoms with Gasteiger partial charge in [-0.05, 0) is 31.2 Å². The monoisotopic (exact) mass is 396 g/mol. The average Bonchev–Trinajstić information content (AvgIpc) is 2.61. The first-order valence-electron chi connectivity index (χ1n) is 7.94. The zero-order valence-corrected chi connectivity index (χ0v) is 16.0. The number of aliphatic imine (C=N–C) groups is 1. The Hall–Kier alpha value is -3.61. The Balaban J connectivity index is 2.55. The van der Waals surface area contributed by atoms with E-state index in [9.17, 15) is 8.42 Å². The fourth-order valence-corrected chi connectivity index (χ4v) is 2.68. The summed E-state index contributed by atoms with van der Waals surface area (Å²) in [6.45, 7) is 5.25. The van der Waals surface area contributed by atoms with Gasteiger partial charge < -0.3 is 17.2 Å². The zero-order valence-electron chi connectivity index (χ0n) is 15.2. The maximum Gasteiger partial charge on any atom is 0.238 e. The summed E-state index contributed by atoms with van der Waals surface area (Å²) in [6.07, 6.45) is 1.53. The van der Waals surface area contributed by atoms with Crippen LogP contribution in [0.15, 0.2) is 76.2 Å². The van der Waals surface area contributed by atoms with E-state index in [0.717, 1.165) is 0 Å². The highest BCUT2D eigenvalue weighted by Crippen LogP contribution is 2.16. The Morgan fingerprint density at radius 1 is 1.14 bits per heavy atom. The molecule has 0 saturated carbocycles. The van der Waals surface area contributed by atoms with Crippen molar-refractivity contribution in [2.75, 3.05) is 5.73 Å². The molecule has 0 amide bonds. The van der Waals surface area contributed by atoms with Gasteiger partial charge >= 0.3 is 0 Å². The molecule has 144 valence electrons. The van der Waals surface area contributed by atoms with Crippen molar-refractivity contribution < 1.29 is 8.42 Å². The number of hydrogen-bond acceptors (Lipinski definition) is 7. The van der Waals surface area contributed by atoms with Crippen LogP contribution >= 0.6 is 0 Å². The van der Waals surface area contributed by atoms with Crippen LogP contribution in [0, 0.1) is 11.8 Å². The van der Waals surface area contributed by atoms with Gasteiger partial charge in [-0.2, -0.15) is 0 Å². The zero-order chi connectivity index (χ0) is 20.9. The van der Waals surface area contributed by atoms with Gasteiger partial charge in [-0.1, -0.05) is 30.6 Å². The van der Waals surface area contributed by atoms with Gasteiger partial charge in [-0.25, -0.2) is 23.5 Å². The predicted molar refractivity (Wildman–Crippen MR) is 110 cm³/mol. The van der Waals surface area contributed by atoms with E-state index in [0.29, 0.717) is 33.9 Å². The minimum absolute atomic E-state index is 0.0313. The number of aromatic nitrogens is 1. The number of benzene rings is 1. The number of allylic oxidation sites excluding steroid dienone is 2. The third-order valence-electron chi connectivity index (χ3n) is 3.46. The van der Waals surface area contributed by atoms with E-state index in [2.05, 4.69) is 28.4 Å². The number of primary sulfonamides is 1. The van der Waals surface area contributed by atoms with Crippen molar-refractivity contribution in [3.63, 3.8) is 0 Å². The van der Waals surface area contributed by atoms with E-state index in [4.69, 9.17) is 22.3 Å². The summed E-state index contributed by atoms with van der Waals surface area (Å²) in [5.41, 5.74) is 19.6. The lowest BCUT2D eigenvalue weighted by Gasteiger charge is -2.09. The number of sulfonamides is 1. The van der Waals surface area contributed by atoms with Crippen LogP contribution in [-0.4, -0.2) is 19.1 Å². The molecule has 1 heterocycles. The Kier molecular flexibility index (Phi) is 6.20. The van der Waals surface area contributed by atoms with Gasteiger partial charge in [0.1, 0.15) is 11.6 Å². The molecule has 1 aromatic carbocycles. The SMILES string of the molecule is C=C(N)/N=C(\C(C#Cc1ccc(N)nc1)=C(\C)N)c1ccc(S(N)(=O)=O)cc1. The fourth-order valence-electron chi connectivity index (χ4n) is 2.17. The van der Waals surface area contributed by atoms with E-state index < -0.39 is 10.0 Å². The molecule has 0 fully saturated rings. The van der Waals surface area contributed by atoms with Crippen LogP contribution in [0.3, 0.4) is 0 Å². The molecule has 28 heavy (non-hydrogen) atoms. The van der Waals surface area contributed by atoms with Gasteiger partial charge in [-0.3, -0.25) is 0 Å². The van der Waals surface area contributed by atoms with E-state index >= 15 is 0 Å². The third-order valence-corrected chi connectivity index (χ3v) is 4.39.